The average molecular weight is 609 g/mol. The molecule has 9 nitrogen and oxygen atoms in total. The van der Waals surface area contributed by atoms with Crippen LogP contribution in [0.3, 0.4) is 0 Å². The molecule has 2 aromatic rings. The number of nitrogens with zero attached hydrogens (tertiary/aromatic N) is 4. The molecule has 2 aliphatic rings. The van der Waals surface area contributed by atoms with Crippen LogP contribution in [0.25, 0.3) is 10.8 Å². The zero-order valence-corrected chi connectivity index (χ0v) is 23.5. The maximum atomic E-state index is 13.7. The number of amides is 3. The zero-order valence-electron chi connectivity index (χ0n) is 21.9. The van der Waals surface area contributed by atoms with E-state index in [9.17, 15) is 32.8 Å². The molecule has 39 heavy (non-hydrogen) atoms. The Kier molecular flexibility index (Phi) is 7.17. The maximum Gasteiger partial charge on any atom is 0.471 e. The molecule has 3 amide bonds. The first-order valence-corrected chi connectivity index (χ1v) is 13.1. The van der Waals surface area contributed by atoms with Gasteiger partial charge in [0.15, 0.2) is 6.04 Å². The number of carbonyl (C=O) groups is 3. The van der Waals surface area contributed by atoms with E-state index in [1.54, 1.807) is 18.2 Å². The Bertz CT molecular complexity index is 1380. The number of benzene rings is 1. The van der Waals surface area contributed by atoms with Crippen LogP contribution in [0.1, 0.15) is 46.4 Å². The summed E-state index contributed by atoms with van der Waals surface area (Å²) in [6.45, 7) is 8.64. The van der Waals surface area contributed by atoms with Crippen molar-refractivity contribution >= 4 is 44.4 Å². The van der Waals surface area contributed by atoms with Crippen molar-refractivity contribution in [2.75, 3.05) is 6.54 Å². The van der Waals surface area contributed by atoms with Gasteiger partial charge in [-0.3, -0.25) is 14.4 Å². The molecule has 2 fully saturated rings. The highest BCUT2D eigenvalue weighted by Crippen LogP contribution is 2.65. The van der Waals surface area contributed by atoms with E-state index < -0.39 is 47.4 Å². The number of hydrogen-bond acceptors (Lipinski definition) is 6. The summed E-state index contributed by atoms with van der Waals surface area (Å²) in [7, 11) is 0. The summed E-state index contributed by atoms with van der Waals surface area (Å²) < 4.78 is 39.8. The van der Waals surface area contributed by atoms with E-state index in [4.69, 9.17) is 0 Å². The molecule has 0 radical (unpaired) electrons. The summed E-state index contributed by atoms with van der Waals surface area (Å²) in [5, 5.41) is 23.8. The predicted molar refractivity (Wildman–Crippen MR) is 137 cm³/mol. The highest BCUT2D eigenvalue weighted by Gasteiger charge is 2.70. The third-order valence-electron chi connectivity index (χ3n) is 7.76. The second kappa shape index (κ2) is 9.73. The fourth-order valence-electron chi connectivity index (χ4n) is 5.55. The number of halogens is 4. The van der Waals surface area contributed by atoms with Crippen molar-refractivity contribution in [1.29, 1.82) is 5.26 Å². The molecule has 1 aliphatic carbocycles. The van der Waals surface area contributed by atoms with Crippen LogP contribution in [0.15, 0.2) is 28.9 Å². The first-order valence-electron chi connectivity index (χ1n) is 12.3. The molecule has 0 bridgehead atoms. The van der Waals surface area contributed by atoms with Gasteiger partial charge < -0.3 is 15.5 Å². The van der Waals surface area contributed by atoms with Crippen molar-refractivity contribution in [2.24, 2.45) is 22.7 Å². The molecule has 5 atom stereocenters. The van der Waals surface area contributed by atoms with E-state index in [1.807, 2.05) is 25.2 Å². The minimum absolute atomic E-state index is 0.0665. The predicted octanol–water partition coefficient (Wildman–Crippen LogP) is 3.65. The van der Waals surface area contributed by atoms with Crippen LogP contribution < -0.4 is 10.6 Å². The van der Waals surface area contributed by atoms with E-state index in [0.717, 1.165) is 0 Å². The Morgan fingerprint density at radius 1 is 1.21 bits per heavy atom. The zero-order chi connectivity index (χ0) is 29.1. The van der Waals surface area contributed by atoms with Gasteiger partial charge in [0.25, 0.3) is 0 Å². The number of hydrogen-bond donors (Lipinski definition) is 2. The number of carbonyl (C=O) groups excluding carboxylic acids is 3. The van der Waals surface area contributed by atoms with Gasteiger partial charge in [0, 0.05) is 21.8 Å². The molecule has 4 rings (SSSR count). The lowest BCUT2D eigenvalue weighted by Crippen LogP contribution is -2.60. The normalized spacial score (nSPS) is 23.4. The van der Waals surface area contributed by atoms with Crippen LogP contribution in [-0.4, -0.2) is 57.6 Å². The van der Waals surface area contributed by atoms with Gasteiger partial charge in [-0.15, -0.1) is 0 Å². The first kappa shape index (κ1) is 28.7. The maximum absolute atomic E-state index is 13.7. The highest BCUT2D eigenvalue weighted by molar-refractivity contribution is 9.10. The van der Waals surface area contributed by atoms with Crippen LogP contribution in [0, 0.1) is 34.0 Å². The van der Waals surface area contributed by atoms with Gasteiger partial charge in [-0.05, 0) is 28.7 Å². The standard InChI is InChI=1S/C26H28BrF3N6O3/c1-24(2,3)20(34-23(39)26(28,29)30)22(38)36-11-13-17(25(13,4)5)19(36)21(37)33-15(9-31)18-16-12(10-32-35-18)7-6-8-14(16)27/h6-8,10,13,15,17,19-20H,11H2,1-5H3,(H,33,37)(H,34,39)/t13-,15?,17-,19-,20+/m0/s1. The van der Waals surface area contributed by atoms with E-state index in [1.165, 1.54) is 31.9 Å². The van der Waals surface area contributed by atoms with Crippen molar-refractivity contribution in [2.45, 2.75) is 58.9 Å². The van der Waals surface area contributed by atoms with Gasteiger partial charge in [0.2, 0.25) is 11.8 Å². The molecule has 1 aliphatic heterocycles. The number of fused-ring (bicyclic) bond motifs is 2. The quantitative estimate of drug-likeness (QED) is 0.533. The van der Waals surface area contributed by atoms with Gasteiger partial charge in [0.05, 0.1) is 12.3 Å². The largest absolute Gasteiger partial charge is 0.471 e. The number of nitriles is 1. The van der Waals surface area contributed by atoms with Gasteiger partial charge in [-0.25, -0.2) is 0 Å². The van der Waals surface area contributed by atoms with Crippen LogP contribution >= 0.6 is 15.9 Å². The lowest BCUT2D eigenvalue weighted by atomic mass is 9.85. The summed E-state index contributed by atoms with van der Waals surface area (Å²) in [5.41, 5.74) is -1.17. The lowest BCUT2D eigenvalue weighted by molar-refractivity contribution is -0.176. The van der Waals surface area contributed by atoms with Crippen molar-refractivity contribution in [3.05, 3.63) is 34.6 Å². The number of rotatable bonds is 5. The number of nitrogens with one attached hydrogen (secondary N) is 2. The van der Waals surface area contributed by atoms with Gasteiger partial charge in [0.1, 0.15) is 17.8 Å². The number of alkyl halides is 3. The smallest absolute Gasteiger partial charge is 0.336 e. The molecule has 2 N–H and O–H groups in total. The summed E-state index contributed by atoms with van der Waals surface area (Å²) in [5.74, 6) is -3.99. The molecule has 0 spiro atoms. The van der Waals surface area contributed by atoms with Gasteiger partial charge in [-0.1, -0.05) is 62.7 Å². The van der Waals surface area contributed by atoms with E-state index in [-0.39, 0.29) is 29.5 Å². The van der Waals surface area contributed by atoms with E-state index >= 15 is 0 Å². The third-order valence-corrected chi connectivity index (χ3v) is 8.42. The minimum atomic E-state index is -5.18. The first-order chi connectivity index (χ1) is 18.0. The van der Waals surface area contributed by atoms with Crippen molar-refractivity contribution < 1.29 is 27.6 Å². The average Bonchev–Trinajstić information content (AvgIpc) is 3.16. The summed E-state index contributed by atoms with van der Waals surface area (Å²) in [4.78, 5) is 40.4. The second-order valence-corrected chi connectivity index (χ2v) is 12.5. The van der Waals surface area contributed by atoms with E-state index in [2.05, 4.69) is 31.4 Å². The molecule has 1 saturated carbocycles. The summed E-state index contributed by atoms with van der Waals surface area (Å²) in [6, 6.07) is 3.58. The molecule has 208 valence electrons. The summed E-state index contributed by atoms with van der Waals surface area (Å²) >= 11 is 3.45. The van der Waals surface area contributed by atoms with Crippen molar-refractivity contribution in [3.8, 4) is 6.07 Å². The summed E-state index contributed by atoms with van der Waals surface area (Å²) in [6.07, 6.45) is -3.65. The highest BCUT2D eigenvalue weighted by atomic mass is 79.9. The Labute approximate surface area is 231 Å². The van der Waals surface area contributed by atoms with Crippen molar-refractivity contribution in [1.82, 2.24) is 25.7 Å². The Hall–Kier alpha value is -3.27. The molecule has 1 aromatic heterocycles. The number of aromatic nitrogens is 2. The Balaban J connectivity index is 1.65. The van der Waals surface area contributed by atoms with Crippen molar-refractivity contribution in [3.63, 3.8) is 0 Å². The fourth-order valence-corrected chi connectivity index (χ4v) is 6.14. The molecular weight excluding hydrogens is 581 g/mol. The minimum Gasteiger partial charge on any atom is -0.336 e. The molecule has 1 unspecified atom stereocenters. The monoisotopic (exact) mass is 608 g/mol. The lowest BCUT2D eigenvalue weighted by Gasteiger charge is -2.37. The van der Waals surface area contributed by atoms with Crippen LogP contribution in [-0.2, 0) is 14.4 Å². The Morgan fingerprint density at radius 2 is 1.87 bits per heavy atom. The molecule has 2 heterocycles. The molecule has 13 heteroatoms. The van der Waals surface area contributed by atoms with Crippen LogP contribution in [0.5, 0.6) is 0 Å². The van der Waals surface area contributed by atoms with Gasteiger partial charge >= 0.3 is 12.1 Å². The second-order valence-electron chi connectivity index (χ2n) is 11.7. The molecule has 1 saturated heterocycles. The molecular formula is C26H28BrF3N6O3. The SMILES string of the molecule is CC(C)(C)[C@H](NC(=O)C(F)(F)F)C(=O)N1C[C@H]2[C@@H]([C@H]1C(=O)NC(C#N)c1nncc3cccc(Br)c13)C2(C)C. The Morgan fingerprint density at radius 3 is 2.46 bits per heavy atom. The number of piperidine rings is 1. The van der Waals surface area contributed by atoms with Gasteiger partial charge in [-0.2, -0.15) is 28.6 Å². The third kappa shape index (κ3) is 5.18. The fraction of sp³-hybridized carbons (Fsp3) is 0.538. The molecule has 1 aromatic carbocycles. The van der Waals surface area contributed by atoms with E-state index in [0.29, 0.717) is 15.2 Å². The van der Waals surface area contributed by atoms with Crippen LogP contribution in [0.2, 0.25) is 0 Å². The topological polar surface area (TPSA) is 128 Å². The number of likely N-dealkylation sites (tertiary alicyclic amines) is 1. The van der Waals surface area contributed by atoms with Crippen LogP contribution in [0.4, 0.5) is 13.2 Å².